The summed E-state index contributed by atoms with van der Waals surface area (Å²) in [5.74, 6) is -2.81. The third-order valence-corrected chi connectivity index (χ3v) is 2.33. The van der Waals surface area contributed by atoms with Gasteiger partial charge in [-0.05, 0) is 36.5 Å². The second kappa shape index (κ2) is 12.1. The molecule has 0 atom stereocenters. The Morgan fingerprint density at radius 2 is 1.30 bits per heavy atom. The molecule has 114 valence electrons. The predicted octanol–water partition coefficient (Wildman–Crippen LogP) is -3.77. The van der Waals surface area contributed by atoms with Gasteiger partial charge in [-0.2, -0.15) is 0 Å². The van der Waals surface area contributed by atoms with Gasteiger partial charge in [0.05, 0.1) is 25.0 Å². The van der Waals surface area contributed by atoms with E-state index in [1.54, 1.807) is 0 Å². The minimum absolute atomic E-state index is 0. The van der Waals surface area contributed by atoms with Gasteiger partial charge in [-0.3, -0.25) is 0 Å². The Kier molecular flexibility index (Phi) is 12.3. The van der Waals surface area contributed by atoms with Gasteiger partial charge in [0.1, 0.15) is 0 Å². The Hall–Kier alpha value is -1.96. The van der Waals surface area contributed by atoms with E-state index >= 15 is 0 Å². The fourth-order valence-electron chi connectivity index (χ4n) is 1.30. The first-order valence-corrected chi connectivity index (χ1v) is 6.14. The number of hydrogen-bond acceptors (Lipinski definition) is 4. The highest BCUT2D eigenvalue weighted by atomic mass is 16.4. The van der Waals surface area contributed by atoms with Crippen molar-refractivity contribution in [3.05, 3.63) is 35.4 Å². The van der Waals surface area contributed by atoms with E-state index in [2.05, 4.69) is 11.5 Å². The van der Waals surface area contributed by atoms with Crippen molar-refractivity contribution < 1.29 is 36.7 Å². The lowest BCUT2D eigenvalue weighted by molar-refractivity contribution is -0.374. The van der Waals surface area contributed by atoms with Gasteiger partial charge in [0.2, 0.25) is 0 Å². The molecule has 0 aliphatic rings. The van der Waals surface area contributed by atoms with E-state index in [0.717, 1.165) is 19.2 Å². The van der Waals surface area contributed by atoms with Gasteiger partial charge in [-0.1, -0.05) is 18.2 Å². The smallest absolute Gasteiger partial charge is 0.0739 e. The molecule has 0 radical (unpaired) electrons. The number of benzene rings is 1. The standard InChI is InChI=1S/C8H6O4.C5H14N2.H2O/c9-7(10)5-2-1-3-6(4-5)8(11)12;6-4-2-1-3-5-7;/h1-4H,(H,9,10)(H,11,12);1-7H2;1H2. The summed E-state index contributed by atoms with van der Waals surface area (Å²) in [4.78, 5) is 20.5. The average molecular weight is 286 g/mol. The lowest BCUT2D eigenvalue weighted by Crippen LogP contribution is -2.51. The fraction of sp³-hybridized carbons (Fsp3) is 0.385. The monoisotopic (exact) mass is 286 g/mol. The van der Waals surface area contributed by atoms with Gasteiger partial charge in [0.25, 0.3) is 0 Å². The molecule has 0 unspecified atom stereocenters. The van der Waals surface area contributed by atoms with Crippen LogP contribution < -0.4 is 21.7 Å². The highest BCUT2D eigenvalue weighted by molar-refractivity contribution is 5.91. The molecular formula is C13H22N2O5. The summed E-state index contributed by atoms with van der Waals surface area (Å²) in [6.45, 7) is 2.17. The highest BCUT2D eigenvalue weighted by Gasteiger charge is 1.96. The summed E-state index contributed by atoms with van der Waals surface area (Å²) in [5, 5.41) is 20.5. The van der Waals surface area contributed by atoms with E-state index < -0.39 is 11.9 Å². The average Bonchev–Trinajstić information content (AvgIpc) is 2.40. The van der Waals surface area contributed by atoms with Crippen LogP contribution >= 0.6 is 0 Å². The SMILES string of the molecule is O.O=C([O-])c1cccc(C(=O)[O-])c1.[NH3+]CCCCC[NH3+]. The molecule has 0 saturated heterocycles. The molecule has 0 fully saturated rings. The summed E-state index contributed by atoms with van der Waals surface area (Å²) in [6.07, 6.45) is 3.86. The first-order valence-electron chi connectivity index (χ1n) is 6.14. The minimum atomic E-state index is -1.40. The van der Waals surface area contributed by atoms with Gasteiger partial charge in [-0.15, -0.1) is 0 Å². The van der Waals surface area contributed by atoms with Crippen molar-refractivity contribution >= 4 is 11.9 Å². The molecule has 1 aromatic carbocycles. The first-order chi connectivity index (χ1) is 9.02. The Bertz CT molecular complexity index is 376. The summed E-state index contributed by atoms with van der Waals surface area (Å²) in [6, 6.07) is 4.81. The number of carboxylic acid groups (broad SMARTS) is 2. The van der Waals surface area contributed by atoms with Crippen LogP contribution in [0.2, 0.25) is 0 Å². The van der Waals surface area contributed by atoms with Crippen LogP contribution in [0, 0.1) is 0 Å². The second-order valence-electron chi connectivity index (χ2n) is 3.92. The Balaban J connectivity index is 0. The number of carboxylic acids is 2. The number of rotatable bonds is 6. The second-order valence-corrected chi connectivity index (χ2v) is 3.92. The molecular weight excluding hydrogens is 264 g/mol. The maximum Gasteiger partial charge on any atom is 0.0739 e. The third kappa shape index (κ3) is 9.03. The van der Waals surface area contributed by atoms with E-state index in [9.17, 15) is 19.8 Å². The maximum absolute atomic E-state index is 10.3. The van der Waals surface area contributed by atoms with Crippen LogP contribution in [0.1, 0.15) is 40.0 Å². The molecule has 0 heterocycles. The van der Waals surface area contributed by atoms with Crippen LogP contribution in [0.5, 0.6) is 0 Å². The summed E-state index contributed by atoms with van der Waals surface area (Å²) < 4.78 is 0. The van der Waals surface area contributed by atoms with E-state index in [1.165, 1.54) is 37.5 Å². The zero-order valence-electron chi connectivity index (χ0n) is 11.4. The predicted molar refractivity (Wildman–Crippen MR) is 68.1 cm³/mol. The first kappa shape index (κ1) is 20.4. The molecule has 1 rings (SSSR count). The molecule has 0 aromatic heterocycles. The maximum atomic E-state index is 10.3. The number of unbranched alkanes of at least 4 members (excludes halogenated alkanes) is 2. The zero-order valence-corrected chi connectivity index (χ0v) is 11.4. The van der Waals surface area contributed by atoms with Crippen LogP contribution in [-0.2, 0) is 0 Å². The normalized spacial score (nSPS) is 8.90. The fourth-order valence-corrected chi connectivity index (χ4v) is 1.30. The molecule has 0 amide bonds. The van der Waals surface area contributed by atoms with E-state index in [4.69, 9.17) is 0 Å². The molecule has 0 aliphatic carbocycles. The Morgan fingerprint density at radius 1 is 0.900 bits per heavy atom. The topological polar surface area (TPSA) is 167 Å². The quantitative estimate of drug-likeness (QED) is 0.512. The lowest BCUT2D eigenvalue weighted by atomic mass is 10.1. The Morgan fingerprint density at radius 3 is 1.60 bits per heavy atom. The van der Waals surface area contributed by atoms with Crippen molar-refractivity contribution in [1.82, 2.24) is 0 Å². The minimum Gasteiger partial charge on any atom is -0.545 e. The van der Waals surface area contributed by atoms with Crippen molar-refractivity contribution in [2.45, 2.75) is 19.3 Å². The molecule has 0 aliphatic heterocycles. The van der Waals surface area contributed by atoms with Crippen molar-refractivity contribution in [1.29, 1.82) is 0 Å². The lowest BCUT2D eigenvalue weighted by Gasteiger charge is -2.05. The van der Waals surface area contributed by atoms with Gasteiger partial charge >= 0.3 is 0 Å². The molecule has 20 heavy (non-hydrogen) atoms. The van der Waals surface area contributed by atoms with E-state index in [-0.39, 0.29) is 16.6 Å². The largest absolute Gasteiger partial charge is 0.545 e. The van der Waals surface area contributed by atoms with E-state index in [1.807, 2.05) is 0 Å². The summed E-state index contributed by atoms with van der Waals surface area (Å²) >= 11 is 0. The van der Waals surface area contributed by atoms with Gasteiger partial charge in [-0.25, -0.2) is 0 Å². The molecule has 0 spiro atoms. The highest BCUT2D eigenvalue weighted by Crippen LogP contribution is 2.02. The van der Waals surface area contributed by atoms with Gasteiger partial charge in [0.15, 0.2) is 0 Å². The number of carbonyl (C=O) groups is 2. The van der Waals surface area contributed by atoms with Gasteiger partial charge < -0.3 is 36.7 Å². The third-order valence-electron chi connectivity index (χ3n) is 2.33. The number of quaternary nitrogens is 2. The van der Waals surface area contributed by atoms with Crippen LogP contribution in [0.4, 0.5) is 0 Å². The van der Waals surface area contributed by atoms with Crippen molar-refractivity contribution in [2.24, 2.45) is 0 Å². The number of hydrogen-bond donors (Lipinski definition) is 2. The van der Waals surface area contributed by atoms with Crippen molar-refractivity contribution in [3.63, 3.8) is 0 Å². The number of aromatic carboxylic acids is 2. The van der Waals surface area contributed by atoms with Crippen LogP contribution in [-0.4, -0.2) is 30.5 Å². The zero-order chi connectivity index (χ0) is 14.7. The molecule has 0 bridgehead atoms. The molecule has 8 N–H and O–H groups in total. The summed E-state index contributed by atoms with van der Waals surface area (Å²) in [5.41, 5.74) is 7.13. The van der Waals surface area contributed by atoms with Crippen LogP contribution in [0.3, 0.4) is 0 Å². The molecule has 1 aromatic rings. The molecule has 7 nitrogen and oxygen atoms in total. The summed E-state index contributed by atoms with van der Waals surface area (Å²) in [7, 11) is 0. The van der Waals surface area contributed by atoms with Crippen LogP contribution in [0.25, 0.3) is 0 Å². The Labute approximate surface area is 117 Å². The molecule has 7 heteroatoms. The van der Waals surface area contributed by atoms with Crippen LogP contribution in [0.15, 0.2) is 24.3 Å². The van der Waals surface area contributed by atoms with E-state index in [0.29, 0.717) is 0 Å². The van der Waals surface area contributed by atoms with Crippen molar-refractivity contribution in [2.75, 3.05) is 13.1 Å². The number of carbonyl (C=O) groups excluding carboxylic acids is 2. The molecule has 0 saturated carbocycles. The van der Waals surface area contributed by atoms with Crippen molar-refractivity contribution in [3.8, 4) is 0 Å². The van der Waals surface area contributed by atoms with Gasteiger partial charge in [0, 0.05) is 0 Å².